The third kappa shape index (κ3) is 4.53. The normalized spacial score (nSPS) is 14.3. The number of carbonyl (C=O) groups is 2. The summed E-state index contributed by atoms with van der Waals surface area (Å²) in [7, 11) is -3.63. The fraction of sp³-hybridized carbons (Fsp3) is 0.261. The molecular formula is C23H24N4O5S. The zero-order chi connectivity index (χ0) is 23.6. The molecule has 3 N–H and O–H groups in total. The van der Waals surface area contributed by atoms with E-state index in [0.717, 1.165) is 12.8 Å². The van der Waals surface area contributed by atoms with Crippen molar-refractivity contribution in [3.05, 3.63) is 59.8 Å². The van der Waals surface area contributed by atoms with Gasteiger partial charge in [-0.05, 0) is 56.2 Å². The van der Waals surface area contributed by atoms with Crippen LogP contribution in [0.1, 0.15) is 40.5 Å². The van der Waals surface area contributed by atoms with Crippen LogP contribution in [0.15, 0.2) is 53.6 Å². The Morgan fingerprint density at radius 3 is 2.64 bits per heavy atom. The number of rotatable bonds is 6. The first kappa shape index (κ1) is 22.7. The largest absolute Gasteiger partial charge is 0.462 e. The maximum absolute atomic E-state index is 12.9. The summed E-state index contributed by atoms with van der Waals surface area (Å²) in [5.41, 5.74) is 7.70. The molecule has 1 aliphatic heterocycles. The summed E-state index contributed by atoms with van der Waals surface area (Å²) in [4.78, 5) is 29.3. The lowest BCUT2D eigenvalue weighted by Gasteiger charge is -2.16. The second kappa shape index (κ2) is 9.16. The number of nitrogen functional groups attached to an aromatic ring is 1. The van der Waals surface area contributed by atoms with Gasteiger partial charge < -0.3 is 15.8 Å². The van der Waals surface area contributed by atoms with Crippen LogP contribution in [0.4, 0.5) is 11.4 Å². The first-order chi connectivity index (χ1) is 15.8. The van der Waals surface area contributed by atoms with Gasteiger partial charge in [-0.3, -0.25) is 9.78 Å². The van der Waals surface area contributed by atoms with Crippen molar-refractivity contribution in [2.45, 2.75) is 24.7 Å². The lowest BCUT2D eigenvalue weighted by molar-refractivity contribution is 0.0527. The van der Waals surface area contributed by atoms with Crippen molar-refractivity contribution < 1.29 is 22.7 Å². The molecule has 0 saturated carbocycles. The number of amides is 1. The molecule has 0 bridgehead atoms. The maximum Gasteiger partial charge on any atom is 0.341 e. The number of benzene rings is 2. The highest BCUT2D eigenvalue weighted by Gasteiger charge is 2.27. The minimum absolute atomic E-state index is 0.0862. The lowest BCUT2D eigenvalue weighted by Crippen LogP contribution is -2.28. The Morgan fingerprint density at radius 1 is 1.15 bits per heavy atom. The average Bonchev–Trinajstić information content (AvgIpc) is 3.36. The van der Waals surface area contributed by atoms with Gasteiger partial charge in [0.15, 0.2) is 0 Å². The van der Waals surface area contributed by atoms with Gasteiger partial charge in [0.1, 0.15) is 5.56 Å². The van der Waals surface area contributed by atoms with Gasteiger partial charge in [0.05, 0.1) is 22.7 Å². The molecule has 4 rings (SSSR count). The SMILES string of the molecule is CCOC(=O)c1cnc2ccc(NC(=O)c3cccc(S(=O)(=O)N4CCCC4)c3)cc2c1N. The van der Waals surface area contributed by atoms with Gasteiger partial charge in [0.25, 0.3) is 5.91 Å². The number of esters is 1. The van der Waals surface area contributed by atoms with Gasteiger partial charge in [-0.2, -0.15) is 4.31 Å². The lowest BCUT2D eigenvalue weighted by atomic mass is 10.1. The first-order valence-corrected chi connectivity index (χ1v) is 12.0. The van der Waals surface area contributed by atoms with E-state index in [1.807, 2.05) is 0 Å². The topological polar surface area (TPSA) is 132 Å². The predicted molar refractivity (Wildman–Crippen MR) is 124 cm³/mol. The van der Waals surface area contributed by atoms with Crippen molar-refractivity contribution in [2.75, 3.05) is 30.7 Å². The molecule has 9 nitrogen and oxygen atoms in total. The Balaban J connectivity index is 1.60. The van der Waals surface area contributed by atoms with Gasteiger partial charge >= 0.3 is 5.97 Å². The Bertz CT molecular complexity index is 1330. The van der Waals surface area contributed by atoms with E-state index in [1.54, 1.807) is 37.3 Å². The van der Waals surface area contributed by atoms with Crippen molar-refractivity contribution in [1.82, 2.24) is 9.29 Å². The predicted octanol–water partition coefficient (Wildman–Crippen LogP) is 3.03. The zero-order valence-electron chi connectivity index (χ0n) is 18.1. The first-order valence-electron chi connectivity index (χ1n) is 10.6. The van der Waals surface area contributed by atoms with Crippen LogP contribution in [-0.2, 0) is 14.8 Å². The Morgan fingerprint density at radius 2 is 1.91 bits per heavy atom. The molecule has 1 aromatic heterocycles. The molecule has 0 unspecified atom stereocenters. The van der Waals surface area contributed by atoms with Gasteiger partial charge in [-0.15, -0.1) is 0 Å². The highest BCUT2D eigenvalue weighted by Crippen LogP contribution is 2.27. The molecule has 10 heteroatoms. The zero-order valence-corrected chi connectivity index (χ0v) is 18.9. The van der Waals surface area contributed by atoms with E-state index < -0.39 is 21.9 Å². The van der Waals surface area contributed by atoms with E-state index >= 15 is 0 Å². The van der Waals surface area contributed by atoms with Crippen molar-refractivity contribution in [2.24, 2.45) is 0 Å². The molecule has 0 radical (unpaired) electrons. The van der Waals surface area contributed by atoms with Crippen molar-refractivity contribution in [1.29, 1.82) is 0 Å². The fourth-order valence-electron chi connectivity index (χ4n) is 3.74. The van der Waals surface area contributed by atoms with Crippen LogP contribution in [0.5, 0.6) is 0 Å². The van der Waals surface area contributed by atoms with Gasteiger partial charge in [0, 0.05) is 35.9 Å². The molecule has 1 aliphatic rings. The van der Waals surface area contributed by atoms with Crippen molar-refractivity contribution in [3.63, 3.8) is 0 Å². The molecule has 0 atom stereocenters. The van der Waals surface area contributed by atoms with Gasteiger partial charge in [-0.25, -0.2) is 13.2 Å². The number of nitrogens with two attached hydrogens (primary N) is 1. The van der Waals surface area contributed by atoms with Crippen LogP contribution in [0.3, 0.4) is 0 Å². The van der Waals surface area contributed by atoms with E-state index in [2.05, 4.69) is 10.3 Å². The number of nitrogens with zero attached hydrogens (tertiary/aromatic N) is 2. The Kier molecular flexibility index (Phi) is 6.30. The van der Waals surface area contributed by atoms with E-state index in [4.69, 9.17) is 10.5 Å². The van der Waals surface area contributed by atoms with Crippen LogP contribution in [0.2, 0.25) is 0 Å². The maximum atomic E-state index is 12.9. The van der Waals surface area contributed by atoms with Crippen LogP contribution in [0, 0.1) is 0 Å². The smallest absolute Gasteiger partial charge is 0.341 e. The van der Waals surface area contributed by atoms with Crippen LogP contribution >= 0.6 is 0 Å². The molecule has 1 fully saturated rings. The summed E-state index contributed by atoms with van der Waals surface area (Å²) in [6.45, 7) is 2.87. The highest BCUT2D eigenvalue weighted by molar-refractivity contribution is 7.89. The minimum Gasteiger partial charge on any atom is -0.462 e. The summed E-state index contributed by atoms with van der Waals surface area (Å²) in [5, 5.41) is 3.24. The van der Waals surface area contributed by atoms with Crippen LogP contribution in [-0.4, -0.2) is 49.3 Å². The standard InChI is InChI=1S/C23H24N4O5S/c1-2-32-23(29)19-14-25-20-9-8-16(13-18(20)21(19)24)26-22(28)15-6-5-7-17(12-15)33(30,31)27-10-3-4-11-27/h5-9,12-14H,2-4,10-11H2,1H3,(H2,24,25)(H,26,28). The molecule has 3 aromatic rings. The number of carbonyl (C=O) groups excluding carboxylic acids is 2. The average molecular weight is 469 g/mol. The number of pyridine rings is 1. The third-order valence-corrected chi connectivity index (χ3v) is 7.36. The molecule has 0 spiro atoms. The number of fused-ring (bicyclic) bond motifs is 1. The van der Waals surface area contributed by atoms with Crippen LogP contribution in [0.25, 0.3) is 10.9 Å². The Labute approximate surface area is 191 Å². The van der Waals surface area contributed by atoms with Crippen LogP contribution < -0.4 is 11.1 Å². The quantitative estimate of drug-likeness (QED) is 0.532. The number of sulfonamides is 1. The van der Waals surface area contributed by atoms with E-state index in [9.17, 15) is 18.0 Å². The number of anilines is 2. The van der Waals surface area contributed by atoms with Crippen molar-refractivity contribution in [3.8, 4) is 0 Å². The molecule has 1 amide bonds. The monoisotopic (exact) mass is 468 g/mol. The molecule has 1 saturated heterocycles. The fourth-order valence-corrected chi connectivity index (χ4v) is 5.30. The minimum atomic E-state index is -3.63. The highest BCUT2D eigenvalue weighted by atomic mass is 32.2. The van der Waals surface area contributed by atoms with Gasteiger partial charge in [-0.1, -0.05) is 6.07 Å². The summed E-state index contributed by atoms with van der Waals surface area (Å²) < 4.78 is 32.1. The second-order valence-electron chi connectivity index (χ2n) is 7.63. The number of nitrogens with one attached hydrogen (secondary N) is 1. The molecule has 2 heterocycles. The molecule has 0 aliphatic carbocycles. The third-order valence-electron chi connectivity index (χ3n) is 5.46. The second-order valence-corrected chi connectivity index (χ2v) is 9.57. The Hall–Kier alpha value is -3.50. The molecule has 33 heavy (non-hydrogen) atoms. The number of aromatic nitrogens is 1. The summed E-state index contributed by atoms with van der Waals surface area (Å²) in [5.74, 6) is -1.05. The summed E-state index contributed by atoms with van der Waals surface area (Å²) in [6, 6.07) is 10.9. The number of ether oxygens (including phenoxy) is 1. The van der Waals surface area contributed by atoms with Crippen molar-refractivity contribution >= 4 is 44.2 Å². The number of hydrogen-bond donors (Lipinski definition) is 2. The van der Waals surface area contributed by atoms with E-state index in [0.29, 0.717) is 29.7 Å². The number of hydrogen-bond acceptors (Lipinski definition) is 7. The van der Waals surface area contributed by atoms with E-state index in [-0.39, 0.29) is 28.3 Å². The molecule has 2 aromatic carbocycles. The summed E-state index contributed by atoms with van der Waals surface area (Å²) >= 11 is 0. The molecular weight excluding hydrogens is 444 g/mol. The van der Waals surface area contributed by atoms with Gasteiger partial charge in [0.2, 0.25) is 10.0 Å². The summed E-state index contributed by atoms with van der Waals surface area (Å²) in [6.07, 6.45) is 3.02. The van der Waals surface area contributed by atoms with E-state index in [1.165, 1.54) is 22.6 Å². The molecule has 172 valence electrons.